The number of phenolic OH excluding ortho intramolecular Hbond substituents is 1. The fourth-order valence-electron chi connectivity index (χ4n) is 1.08. The van der Waals surface area contributed by atoms with Gasteiger partial charge in [0.25, 0.3) is 0 Å². The van der Waals surface area contributed by atoms with Crippen molar-refractivity contribution in [2.24, 2.45) is 5.73 Å². The van der Waals surface area contributed by atoms with Gasteiger partial charge in [-0.2, -0.15) is 0 Å². The van der Waals surface area contributed by atoms with Gasteiger partial charge < -0.3 is 15.6 Å². The first-order valence-electron chi connectivity index (χ1n) is 3.98. The largest absolute Gasteiger partial charge is 0.505 e. The smallest absolute Gasteiger partial charge is 0.327 e. The van der Waals surface area contributed by atoms with Crippen LogP contribution in [0.1, 0.15) is 11.6 Å². The summed E-state index contributed by atoms with van der Waals surface area (Å²) in [5.74, 6) is -2.42. The summed E-state index contributed by atoms with van der Waals surface area (Å²) in [7, 11) is 1.14. The topological polar surface area (TPSA) is 72.5 Å². The summed E-state index contributed by atoms with van der Waals surface area (Å²) >= 11 is 5.56. The normalized spacial score (nSPS) is 11.5. The van der Waals surface area contributed by atoms with Crippen molar-refractivity contribution in [3.63, 3.8) is 0 Å². The first-order chi connectivity index (χ1) is 6.97. The molecule has 4 nitrogen and oxygen atoms in total. The Labute approximate surface area is 103 Å². The summed E-state index contributed by atoms with van der Waals surface area (Å²) in [6, 6.07) is 0.870. The molecule has 0 aliphatic rings. The van der Waals surface area contributed by atoms with Gasteiger partial charge >= 0.3 is 5.97 Å². The molecule has 1 aromatic rings. The van der Waals surface area contributed by atoms with E-state index in [0.717, 1.165) is 13.2 Å². The zero-order chi connectivity index (χ0) is 11.6. The van der Waals surface area contributed by atoms with E-state index in [1.54, 1.807) is 0 Å². The SMILES string of the molecule is COC(=O)[C@H](N)c1cc(Cl)cc(F)c1O.Cl. The number of hydrogen-bond donors (Lipinski definition) is 2. The average Bonchev–Trinajstić information content (AvgIpc) is 2.21. The van der Waals surface area contributed by atoms with Crippen LogP contribution in [-0.2, 0) is 9.53 Å². The van der Waals surface area contributed by atoms with E-state index >= 15 is 0 Å². The Morgan fingerprint density at radius 3 is 2.69 bits per heavy atom. The third-order valence-electron chi connectivity index (χ3n) is 1.85. The van der Waals surface area contributed by atoms with E-state index in [1.165, 1.54) is 6.07 Å². The number of nitrogens with two attached hydrogens (primary N) is 1. The summed E-state index contributed by atoms with van der Waals surface area (Å²) in [6.45, 7) is 0. The molecule has 16 heavy (non-hydrogen) atoms. The molecule has 7 heteroatoms. The predicted molar refractivity (Wildman–Crippen MR) is 59.3 cm³/mol. The Kier molecular flexibility index (Phi) is 5.50. The molecule has 0 aliphatic heterocycles. The van der Waals surface area contributed by atoms with Crippen molar-refractivity contribution >= 4 is 30.0 Å². The molecule has 0 radical (unpaired) electrons. The molecule has 1 atom stereocenters. The van der Waals surface area contributed by atoms with Crippen LogP contribution in [0.4, 0.5) is 4.39 Å². The zero-order valence-electron chi connectivity index (χ0n) is 8.24. The van der Waals surface area contributed by atoms with Gasteiger partial charge in [0.2, 0.25) is 0 Å². The van der Waals surface area contributed by atoms with Crippen LogP contribution in [0.15, 0.2) is 12.1 Å². The van der Waals surface area contributed by atoms with E-state index in [0.29, 0.717) is 0 Å². The Hall–Kier alpha value is -1.04. The van der Waals surface area contributed by atoms with Crippen LogP contribution in [0.3, 0.4) is 0 Å². The number of phenols is 1. The lowest BCUT2D eigenvalue weighted by Crippen LogP contribution is -2.22. The van der Waals surface area contributed by atoms with Crippen molar-refractivity contribution in [2.75, 3.05) is 7.11 Å². The third-order valence-corrected chi connectivity index (χ3v) is 2.07. The highest BCUT2D eigenvalue weighted by Gasteiger charge is 2.22. The molecule has 0 amide bonds. The average molecular weight is 270 g/mol. The number of carbonyl (C=O) groups excluding carboxylic acids is 1. The number of benzene rings is 1. The summed E-state index contributed by atoms with van der Waals surface area (Å²) in [5, 5.41) is 9.36. The van der Waals surface area contributed by atoms with Crippen LogP contribution in [0, 0.1) is 5.82 Å². The van der Waals surface area contributed by atoms with Crippen LogP contribution in [0.5, 0.6) is 5.75 Å². The van der Waals surface area contributed by atoms with Crippen LogP contribution in [-0.4, -0.2) is 18.2 Å². The molecule has 1 rings (SSSR count). The van der Waals surface area contributed by atoms with E-state index in [9.17, 15) is 14.3 Å². The summed E-state index contributed by atoms with van der Waals surface area (Å²) < 4.78 is 17.4. The molecule has 90 valence electrons. The molecule has 0 spiro atoms. The maximum atomic E-state index is 13.0. The van der Waals surface area contributed by atoms with E-state index in [-0.39, 0.29) is 23.0 Å². The minimum Gasteiger partial charge on any atom is -0.505 e. The number of aromatic hydroxyl groups is 1. The fourth-order valence-corrected chi connectivity index (χ4v) is 1.29. The Morgan fingerprint density at radius 2 is 2.19 bits per heavy atom. The number of ether oxygens (including phenoxy) is 1. The number of rotatable bonds is 2. The second kappa shape index (κ2) is 5.89. The molecule has 3 N–H and O–H groups in total. The highest BCUT2D eigenvalue weighted by molar-refractivity contribution is 6.30. The predicted octanol–water partition coefficient (Wildman–Crippen LogP) is 1.78. The first-order valence-corrected chi connectivity index (χ1v) is 4.36. The number of hydrogen-bond acceptors (Lipinski definition) is 4. The summed E-state index contributed by atoms with van der Waals surface area (Å²) in [4.78, 5) is 11.1. The molecule has 0 fully saturated rings. The molecule has 0 aliphatic carbocycles. The highest BCUT2D eigenvalue weighted by Crippen LogP contribution is 2.29. The maximum Gasteiger partial charge on any atom is 0.327 e. The highest BCUT2D eigenvalue weighted by atomic mass is 35.5. The fraction of sp³-hybridized carbons (Fsp3) is 0.222. The Morgan fingerprint density at radius 1 is 1.62 bits per heavy atom. The molecule has 0 saturated heterocycles. The second-order valence-electron chi connectivity index (χ2n) is 2.83. The van der Waals surface area contributed by atoms with Gasteiger partial charge in [0.15, 0.2) is 11.6 Å². The van der Waals surface area contributed by atoms with Gasteiger partial charge in [-0.25, -0.2) is 4.39 Å². The van der Waals surface area contributed by atoms with Crippen molar-refractivity contribution in [2.45, 2.75) is 6.04 Å². The van der Waals surface area contributed by atoms with E-state index < -0.39 is 23.6 Å². The minimum absolute atomic E-state index is 0. The standard InChI is InChI=1S/C9H9ClFNO3.ClH/c1-15-9(14)7(12)5-2-4(10)3-6(11)8(5)13;/h2-3,7,13H,12H2,1H3;1H/t7-;/m1./s1. The quantitative estimate of drug-likeness (QED) is 0.803. The third kappa shape index (κ3) is 2.98. The lowest BCUT2D eigenvalue weighted by atomic mass is 10.1. The number of carbonyl (C=O) groups is 1. The van der Waals surface area contributed by atoms with E-state index in [4.69, 9.17) is 17.3 Å². The second-order valence-corrected chi connectivity index (χ2v) is 3.26. The van der Waals surface area contributed by atoms with Gasteiger partial charge in [-0.05, 0) is 12.1 Å². The molecular weight excluding hydrogens is 260 g/mol. The van der Waals surface area contributed by atoms with Crippen LogP contribution >= 0.6 is 24.0 Å². The zero-order valence-corrected chi connectivity index (χ0v) is 9.81. The lowest BCUT2D eigenvalue weighted by molar-refractivity contribution is -0.142. The lowest BCUT2D eigenvalue weighted by Gasteiger charge is -2.12. The van der Waals surface area contributed by atoms with Gasteiger partial charge in [0.1, 0.15) is 6.04 Å². The maximum absolute atomic E-state index is 13.0. The van der Waals surface area contributed by atoms with Crippen molar-refractivity contribution in [1.29, 1.82) is 0 Å². The number of esters is 1. The van der Waals surface area contributed by atoms with Gasteiger partial charge in [0.05, 0.1) is 7.11 Å². The first kappa shape index (κ1) is 15.0. The van der Waals surface area contributed by atoms with Crippen molar-refractivity contribution in [3.8, 4) is 5.75 Å². The summed E-state index contributed by atoms with van der Waals surface area (Å²) in [6.07, 6.45) is 0. The van der Waals surface area contributed by atoms with Gasteiger partial charge in [0, 0.05) is 10.6 Å². The molecule has 0 heterocycles. The van der Waals surface area contributed by atoms with Crippen LogP contribution in [0.25, 0.3) is 0 Å². The molecule has 1 aromatic carbocycles. The van der Waals surface area contributed by atoms with Crippen LogP contribution in [0.2, 0.25) is 5.02 Å². The monoisotopic (exact) mass is 269 g/mol. The molecule has 0 aromatic heterocycles. The van der Waals surface area contributed by atoms with Crippen molar-refractivity contribution in [3.05, 3.63) is 28.5 Å². The minimum atomic E-state index is -1.26. The van der Waals surface area contributed by atoms with Gasteiger partial charge in [-0.1, -0.05) is 11.6 Å². The van der Waals surface area contributed by atoms with Gasteiger partial charge in [-0.3, -0.25) is 4.79 Å². The van der Waals surface area contributed by atoms with Crippen LogP contribution < -0.4 is 5.73 Å². The van der Waals surface area contributed by atoms with E-state index in [1.807, 2.05) is 0 Å². The Balaban J connectivity index is 0.00000225. The van der Waals surface area contributed by atoms with Crippen molar-refractivity contribution in [1.82, 2.24) is 0 Å². The number of methoxy groups -OCH3 is 1. The molecule has 0 bridgehead atoms. The molecular formula is C9H10Cl2FNO3. The Bertz CT molecular complexity index is 401. The molecule has 0 saturated carbocycles. The van der Waals surface area contributed by atoms with E-state index in [2.05, 4.69) is 4.74 Å². The number of halogens is 3. The summed E-state index contributed by atoms with van der Waals surface area (Å²) in [5.41, 5.74) is 5.32. The van der Waals surface area contributed by atoms with Crippen molar-refractivity contribution < 1.29 is 19.0 Å². The molecule has 0 unspecified atom stereocenters. The van der Waals surface area contributed by atoms with Gasteiger partial charge in [-0.15, -0.1) is 12.4 Å².